The number of β-amino-alcohol motifs (C(OH)–C–C–N with tert-alkyl or cyclic N) is 1. The number of rotatable bonds is 5. The highest BCUT2D eigenvalue weighted by Gasteiger charge is 2.24. The number of hydrogen-bond donors (Lipinski definition) is 3. The third kappa shape index (κ3) is 3.27. The van der Waals surface area contributed by atoms with Crippen molar-refractivity contribution in [3.8, 4) is 10.4 Å². The lowest BCUT2D eigenvalue weighted by atomic mass is 10.1. The fourth-order valence-electron chi connectivity index (χ4n) is 2.54. The van der Waals surface area contributed by atoms with E-state index < -0.39 is 0 Å². The minimum Gasteiger partial charge on any atom is -0.391 e. The maximum atomic E-state index is 9.74. The molecule has 1 saturated heterocycles. The number of thiophene rings is 1. The quantitative estimate of drug-likeness (QED) is 0.789. The summed E-state index contributed by atoms with van der Waals surface area (Å²) in [6, 6.07) is 14.8. The molecule has 4 heteroatoms. The minimum absolute atomic E-state index is 0.203. The zero-order valence-corrected chi connectivity index (χ0v) is 12.2. The maximum absolute atomic E-state index is 9.74. The van der Waals surface area contributed by atoms with Crippen LogP contribution in [0.25, 0.3) is 10.4 Å². The molecule has 0 spiro atoms. The van der Waals surface area contributed by atoms with Crippen molar-refractivity contribution < 1.29 is 5.11 Å². The first-order chi connectivity index (χ1) is 9.83. The molecule has 20 heavy (non-hydrogen) atoms. The van der Waals surface area contributed by atoms with Gasteiger partial charge in [0.2, 0.25) is 0 Å². The molecule has 2 unspecified atom stereocenters. The van der Waals surface area contributed by atoms with Crippen LogP contribution in [0, 0.1) is 5.92 Å². The molecule has 0 aliphatic carbocycles. The number of hydrogen-bond acceptors (Lipinski definition) is 4. The second-order valence-corrected chi connectivity index (χ2v) is 6.42. The van der Waals surface area contributed by atoms with Gasteiger partial charge in [-0.15, -0.1) is 11.3 Å². The molecule has 0 radical (unpaired) electrons. The van der Waals surface area contributed by atoms with Crippen molar-refractivity contribution in [3.63, 3.8) is 0 Å². The maximum Gasteiger partial charge on any atom is 0.0716 e. The van der Waals surface area contributed by atoms with Crippen LogP contribution in [-0.4, -0.2) is 30.8 Å². The van der Waals surface area contributed by atoms with E-state index in [1.165, 1.54) is 15.3 Å². The van der Waals surface area contributed by atoms with Crippen LogP contribution < -0.4 is 10.6 Å². The SMILES string of the molecule is OC1CNCC1CNCc1ccc(-c2ccccc2)s1. The van der Waals surface area contributed by atoms with E-state index in [0.717, 1.165) is 26.2 Å². The summed E-state index contributed by atoms with van der Waals surface area (Å²) < 4.78 is 0. The first kappa shape index (κ1) is 13.8. The predicted molar refractivity (Wildman–Crippen MR) is 83.8 cm³/mol. The van der Waals surface area contributed by atoms with Crippen LogP contribution in [-0.2, 0) is 6.54 Å². The van der Waals surface area contributed by atoms with E-state index in [1.807, 2.05) is 17.4 Å². The van der Waals surface area contributed by atoms with E-state index in [0.29, 0.717) is 5.92 Å². The summed E-state index contributed by atoms with van der Waals surface area (Å²) in [7, 11) is 0. The van der Waals surface area contributed by atoms with E-state index in [4.69, 9.17) is 0 Å². The molecule has 2 aromatic rings. The van der Waals surface area contributed by atoms with E-state index >= 15 is 0 Å². The van der Waals surface area contributed by atoms with Crippen LogP contribution in [0.3, 0.4) is 0 Å². The molecule has 3 N–H and O–H groups in total. The van der Waals surface area contributed by atoms with Crippen LogP contribution in [0.1, 0.15) is 4.88 Å². The van der Waals surface area contributed by atoms with Gasteiger partial charge in [-0.1, -0.05) is 30.3 Å². The Bertz CT molecular complexity index is 540. The Kier molecular flexibility index (Phi) is 4.47. The van der Waals surface area contributed by atoms with Gasteiger partial charge in [-0.05, 0) is 17.7 Å². The van der Waals surface area contributed by atoms with Crippen molar-refractivity contribution in [2.24, 2.45) is 5.92 Å². The van der Waals surface area contributed by atoms with Crippen LogP contribution in [0.4, 0.5) is 0 Å². The second kappa shape index (κ2) is 6.50. The first-order valence-corrected chi connectivity index (χ1v) is 7.88. The molecule has 1 aromatic heterocycles. The molecule has 2 atom stereocenters. The average Bonchev–Trinajstić information content (AvgIpc) is 3.10. The Morgan fingerprint density at radius 1 is 1.15 bits per heavy atom. The van der Waals surface area contributed by atoms with Crippen molar-refractivity contribution in [1.82, 2.24) is 10.6 Å². The van der Waals surface area contributed by atoms with E-state index in [1.54, 1.807) is 0 Å². The van der Waals surface area contributed by atoms with Gasteiger partial charge < -0.3 is 15.7 Å². The third-order valence-electron chi connectivity index (χ3n) is 3.73. The number of aliphatic hydroxyl groups is 1. The highest BCUT2D eigenvalue weighted by molar-refractivity contribution is 7.15. The molecule has 3 nitrogen and oxygen atoms in total. The van der Waals surface area contributed by atoms with Crippen molar-refractivity contribution in [1.29, 1.82) is 0 Å². The zero-order chi connectivity index (χ0) is 13.8. The van der Waals surface area contributed by atoms with Gasteiger partial charge in [0.1, 0.15) is 0 Å². The largest absolute Gasteiger partial charge is 0.391 e. The average molecular weight is 288 g/mol. The molecule has 0 saturated carbocycles. The van der Waals surface area contributed by atoms with Crippen LogP contribution >= 0.6 is 11.3 Å². The fraction of sp³-hybridized carbons (Fsp3) is 0.375. The Balaban J connectivity index is 1.53. The molecular formula is C16H20N2OS. The van der Waals surface area contributed by atoms with Crippen molar-refractivity contribution in [2.75, 3.05) is 19.6 Å². The van der Waals surface area contributed by atoms with Gasteiger partial charge in [-0.3, -0.25) is 0 Å². The number of nitrogens with one attached hydrogen (secondary N) is 2. The van der Waals surface area contributed by atoms with Gasteiger partial charge in [0.05, 0.1) is 6.10 Å². The summed E-state index contributed by atoms with van der Waals surface area (Å²) >= 11 is 1.83. The summed E-state index contributed by atoms with van der Waals surface area (Å²) in [6.07, 6.45) is -0.203. The van der Waals surface area contributed by atoms with E-state index in [2.05, 4.69) is 47.0 Å². The monoisotopic (exact) mass is 288 g/mol. The normalized spacial score (nSPS) is 22.2. The van der Waals surface area contributed by atoms with Gasteiger partial charge >= 0.3 is 0 Å². The smallest absolute Gasteiger partial charge is 0.0716 e. The molecule has 2 heterocycles. The fourth-order valence-corrected chi connectivity index (χ4v) is 3.52. The third-order valence-corrected chi connectivity index (χ3v) is 4.86. The lowest BCUT2D eigenvalue weighted by Crippen LogP contribution is -2.29. The molecule has 106 valence electrons. The Labute approximate surface area is 123 Å². The van der Waals surface area contributed by atoms with Gasteiger partial charge in [-0.2, -0.15) is 0 Å². The predicted octanol–water partition coefficient (Wildman–Crippen LogP) is 2.09. The molecular weight excluding hydrogens is 268 g/mol. The first-order valence-electron chi connectivity index (χ1n) is 7.06. The highest BCUT2D eigenvalue weighted by atomic mass is 32.1. The molecule has 1 aliphatic rings. The van der Waals surface area contributed by atoms with Crippen molar-refractivity contribution >= 4 is 11.3 Å². The van der Waals surface area contributed by atoms with Gasteiger partial charge in [-0.25, -0.2) is 0 Å². The van der Waals surface area contributed by atoms with Crippen LogP contribution in [0.5, 0.6) is 0 Å². The molecule has 0 amide bonds. The molecule has 1 aromatic carbocycles. The van der Waals surface area contributed by atoms with Gasteiger partial charge in [0.15, 0.2) is 0 Å². The van der Waals surface area contributed by atoms with Gasteiger partial charge in [0, 0.05) is 41.9 Å². The summed E-state index contributed by atoms with van der Waals surface area (Å²) in [5, 5.41) is 16.4. The summed E-state index contributed by atoms with van der Waals surface area (Å²) in [4.78, 5) is 2.65. The number of benzene rings is 1. The van der Waals surface area contributed by atoms with Gasteiger partial charge in [0.25, 0.3) is 0 Å². The second-order valence-electron chi connectivity index (χ2n) is 5.25. The Morgan fingerprint density at radius 2 is 2.00 bits per heavy atom. The van der Waals surface area contributed by atoms with E-state index in [-0.39, 0.29) is 6.10 Å². The highest BCUT2D eigenvalue weighted by Crippen LogP contribution is 2.27. The summed E-state index contributed by atoms with van der Waals surface area (Å²) in [5.74, 6) is 0.337. The molecule has 1 fully saturated rings. The van der Waals surface area contributed by atoms with Crippen LogP contribution in [0.15, 0.2) is 42.5 Å². The van der Waals surface area contributed by atoms with Crippen molar-refractivity contribution in [3.05, 3.63) is 47.3 Å². The molecule has 1 aliphatic heterocycles. The topological polar surface area (TPSA) is 44.3 Å². The van der Waals surface area contributed by atoms with Crippen LogP contribution in [0.2, 0.25) is 0 Å². The molecule has 3 rings (SSSR count). The standard InChI is InChI=1S/C16H20N2OS/c19-15-11-18-9-13(15)8-17-10-14-6-7-16(20-14)12-4-2-1-3-5-12/h1-7,13,15,17-19H,8-11H2. The Hall–Kier alpha value is -1.20. The molecule has 0 bridgehead atoms. The van der Waals surface area contributed by atoms with E-state index in [9.17, 15) is 5.11 Å². The lowest BCUT2D eigenvalue weighted by Gasteiger charge is -2.13. The summed E-state index contributed by atoms with van der Waals surface area (Å²) in [6.45, 7) is 3.38. The zero-order valence-electron chi connectivity index (χ0n) is 11.4. The van der Waals surface area contributed by atoms with Crippen molar-refractivity contribution in [2.45, 2.75) is 12.6 Å². The Morgan fingerprint density at radius 3 is 2.75 bits per heavy atom. The lowest BCUT2D eigenvalue weighted by molar-refractivity contribution is 0.146. The summed E-state index contributed by atoms with van der Waals surface area (Å²) in [5.41, 5.74) is 1.28. The number of aliphatic hydroxyl groups excluding tert-OH is 1. The minimum atomic E-state index is -0.203.